The molecular formula is C22H21ClN4O2S2. The van der Waals surface area contributed by atoms with E-state index in [4.69, 9.17) is 16.6 Å². The number of rotatable bonds is 7. The van der Waals surface area contributed by atoms with Gasteiger partial charge in [0, 0.05) is 18.1 Å². The smallest absolute Gasteiger partial charge is 0.272 e. The number of nitrogens with one attached hydrogen (secondary N) is 1. The molecule has 4 aromatic rings. The number of hydrogen-bond donors (Lipinski definition) is 1. The molecule has 9 heteroatoms. The van der Waals surface area contributed by atoms with Crippen LogP contribution < -0.4 is 10.9 Å². The summed E-state index contributed by atoms with van der Waals surface area (Å²) < 4.78 is 2.29. The Morgan fingerprint density at radius 3 is 2.84 bits per heavy atom. The number of amides is 1. The molecule has 0 atom stereocenters. The lowest BCUT2D eigenvalue weighted by Crippen LogP contribution is -2.24. The van der Waals surface area contributed by atoms with Crippen LogP contribution >= 0.6 is 34.7 Å². The molecule has 0 fully saturated rings. The van der Waals surface area contributed by atoms with E-state index in [-0.39, 0.29) is 17.2 Å². The molecule has 4 rings (SSSR count). The molecule has 1 N–H and O–H groups in total. The van der Waals surface area contributed by atoms with Gasteiger partial charge in [0.15, 0.2) is 5.16 Å². The van der Waals surface area contributed by atoms with Crippen LogP contribution in [0.1, 0.15) is 20.3 Å². The average molecular weight is 473 g/mol. The number of thiophene rings is 1. The summed E-state index contributed by atoms with van der Waals surface area (Å²) in [6.07, 6.45) is 2.55. The van der Waals surface area contributed by atoms with Crippen molar-refractivity contribution in [2.24, 2.45) is 5.92 Å². The van der Waals surface area contributed by atoms with E-state index >= 15 is 0 Å². The Hall–Kier alpha value is -2.42. The van der Waals surface area contributed by atoms with Gasteiger partial charge in [-0.25, -0.2) is 9.97 Å². The normalized spacial score (nSPS) is 11.5. The predicted molar refractivity (Wildman–Crippen MR) is 129 cm³/mol. The first-order valence-corrected chi connectivity index (χ1v) is 12.1. The number of anilines is 1. The molecule has 0 aliphatic rings. The first kappa shape index (κ1) is 21.8. The zero-order valence-corrected chi connectivity index (χ0v) is 19.5. The minimum atomic E-state index is -0.209. The molecule has 3 aromatic heterocycles. The SMILES string of the molecule is CC(C)CCn1c(SCC(=O)Nc2ccccc2Cl)nc2c(sc3ncccc32)c1=O. The maximum atomic E-state index is 13.3. The van der Waals surface area contributed by atoms with Gasteiger partial charge in [-0.05, 0) is 36.6 Å². The Morgan fingerprint density at radius 1 is 1.26 bits per heavy atom. The van der Waals surface area contributed by atoms with Gasteiger partial charge in [0.05, 0.1) is 22.0 Å². The molecule has 0 spiro atoms. The van der Waals surface area contributed by atoms with Gasteiger partial charge in [0.2, 0.25) is 5.91 Å². The number of pyridine rings is 1. The van der Waals surface area contributed by atoms with Crippen LogP contribution in [0.25, 0.3) is 20.4 Å². The predicted octanol–water partition coefficient (Wildman–Crippen LogP) is 5.44. The molecule has 0 unspecified atom stereocenters. The number of nitrogens with zero attached hydrogens (tertiary/aromatic N) is 3. The van der Waals surface area contributed by atoms with Crippen molar-refractivity contribution in [3.05, 3.63) is 58.0 Å². The minimum absolute atomic E-state index is 0.0809. The highest BCUT2D eigenvalue weighted by Gasteiger charge is 2.18. The number of carbonyl (C=O) groups is 1. The highest BCUT2D eigenvalue weighted by atomic mass is 35.5. The van der Waals surface area contributed by atoms with E-state index in [0.29, 0.717) is 38.5 Å². The first-order valence-electron chi connectivity index (χ1n) is 9.89. The second kappa shape index (κ2) is 9.38. The molecule has 3 heterocycles. The summed E-state index contributed by atoms with van der Waals surface area (Å²) in [4.78, 5) is 35.7. The molecule has 0 bridgehead atoms. The van der Waals surface area contributed by atoms with Gasteiger partial charge in [-0.15, -0.1) is 11.3 Å². The summed E-state index contributed by atoms with van der Waals surface area (Å²) in [5, 5.41) is 4.69. The van der Waals surface area contributed by atoms with Crippen LogP contribution in [0.5, 0.6) is 0 Å². The molecule has 0 aliphatic carbocycles. The van der Waals surface area contributed by atoms with Crippen LogP contribution in [0.15, 0.2) is 52.5 Å². The molecule has 0 aliphatic heterocycles. The highest BCUT2D eigenvalue weighted by molar-refractivity contribution is 7.99. The summed E-state index contributed by atoms with van der Waals surface area (Å²) in [5.41, 5.74) is 1.13. The fourth-order valence-electron chi connectivity index (χ4n) is 3.11. The Balaban J connectivity index is 1.66. The monoisotopic (exact) mass is 472 g/mol. The summed E-state index contributed by atoms with van der Waals surface area (Å²) >= 11 is 8.74. The number of thioether (sulfide) groups is 1. The van der Waals surface area contributed by atoms with Gasteiger partial charge in [0.1, 0.15) is 9.53 Å². The van der Waals surface area contributed by atoms with Crippen LogP contribution in [0.4, 0.5) is 5.69 Å². The number of halogens is 1. The topological polar surface area (TPSA) is 76.9 Å². The number of aromatic nitrogens is 3. The lowest BCUT2D eigenvalue weighted by molar-refractivity contribution is -0.113. The third-order valence-electron chi connectivity index (χ3n) is 4.73. The molecule has 0 saturated carbocycles. The quantitative estimate of drug-likeness (QED) is 0.286. The summed E-state index contributed by atoms with van der Waals surface area (Å²) in [6, 6.07) is 10.8. The minimum Gasteiger partial charge on any atom is -0.324 e. The molecular weight excluding hydrogens is 452 g/mol. The summed E-state index contributed by atoms with van der Waals surface area (Å²) in [6.45, 7) is 4.78. The highest BCUT2D eigenvalue weighted by Crippen LogP contribution is 2.30. The zero-order valence-electron chi connectivity index (χ0n) is 17.1. The Labute approximate surface area is 192 Å². The van der Waals surface area contributed by atoms with E-state index in [2.05, 4.69) is 24.1 Å². The molecule has 6 nitrogen and oxygen atoms in total. The Kier molecular flexibility index (Phi) is 6.60. The van der Waals surface area contributed by atoms with Gasteiger partial charge >= 0.3 is 0 Å². The lowest BCUT2D eigenvalue weighted by Gasteiger charge is -2.13. The average Bonchev–Trinajstić information content (AvgIpc) is 3.12. The van der Waals surface area contributed by atoms with Crippen LogP contribution in [-0.2, 0) is 11.3 Å². The number of hydrogen-bond acceptors (Lipinski definition) is 6. The standard InChI is InChI=1S/C22H21ClN4O2S2/c1-13(2)9-11-27-21(29)19-18(14-6-5-10-24-20(14)31-19)26-22(27)30-12-17(28)25-16-8-4-3-7-15(16)23/h3-8,10,13H,9,11-12H2,1-2H3,(H,25,28). The number of carbonyl (C=O) groups excluding carboxylic acids is 1. The van der Waals surface area contributed by atoms with Gasteiger partial charge in [-0.1, -0.05) is 49.3 Å². The van der Waals surface area contributed by atoms with Crippen molar-refractivity contribution >= 4 is 66.7 Å². The van der Waals surface area contributed by atoms with E-state index in [1.165, 1.54) is 23.1 Å². The molecule has 160 valence electrons. The Morgan fingerprint density at radius 2 is 2.06 bits per heavy atom. The fourth-order valence-corrected chi connectivity index (χ4v) is 5.15. The maximum Gasteiger partial charge on any atom is 0.272 e. The first-order chi connectivity index (χ1) is 14.9. The second-order valence-corrected chi connectivity index (χ2v) is 9.84. The van der Waals surface area contributed by atoms with Crippen molar-refractivity contribution in [3.8, 4) is 0 Å². The van der Waals surface area contributed by atoms with Gasteiger partial charge < -0.3 is 5.32 Å². The fraction of sp³-hybridized carbons (Fsp3) is 0.273. The lowest BCUT2D eigenvalue weighted by atomic mass is 10.1. The van der Waals surface area contributed by atoms with Crippen molar-refractivity contribution in [2.45, 2.75) is 32.0 Å². The molecule has 31 heavy (non-hydrogen) atoms. The van der Waals surface area contributed by atoms with E-state index in [0.717, 1.165) is 16.6 Å². The molecule has 1 amide bonds. The summed E-state index contributed by atoms with van der Waals surface area (Å²) in [7, 11) is 0. The van der Waals surface area contributed by atoms with Gasteiger partial charge in [0.25, 0.3) is 5.56 Å². The third-order valence-corrected chi connectivity index (χ3v) is 7.12. The largest absolute Gasteiger partial charge is 0.324 e. The summed E-state index contributed by atoms with van der Waals surface area (Å²) in [5.74, 6) is 0.346. The van der Waals surface area contributed by atoms with Crippen LogP contribution in [0.3, 0.4) is 0 Å². The van der Waals surface area contributed by atoms with Crippen molar-refractivity contribution in [3.63, 3.8) is 0 Å². The van der Waals surface area contributed by atoms with Crippen molar-refractivity contribution in [1.82, 2.24) is 14.5 Å². The number of benzene rings is 1. The van der Waals surface area contributed by atoms with Crippen molar-refractivity contribution < 1.29 is 4.79 Å². The van der Waals surface area contributed by atoms with Crippen molar-refractivity contribution in [2.75, 3.05) is 11.1 Å². The molecule has 1 aromatic carbocycles. The molecule has 0 saturated heterocycles. The van der Waals surface area contributed by atoms with Crippen LogP contribution in [0.2, 0.25) is 5.02 Å². The number of para-hydroxylation sites is 1. The van der Waals surface area contributed by atoms with Gasteiger partial charge in [-0.3, -0.25) is 14.2 Å². The number of fused-ring (bicyclic) bond motifs is 3. The maximum absolute atomic E-state index is 13.3. The zero-order chi connectivity index (χ0) is 22.0. The molecule has 0 radical (unpaired) electrons. The van der Waals surface area contributed by atoms with E-state index in [1.54, 1.807) is 29.0 Å². The Bertz CT molecular complexity index is 1320. The van der Waals surface area contributed by atoms with Crippen LogP contribution in [-0.4, -0.2) is 26.2 Å². The van der Waals surface area contributed by atoms with Crippen LogP contribution in [0, 0.1) is 5.92 Å². The van der Waals surface area contributed by atoms with E-state index in [1.807, 2.05) is 18.2 Å². The van der Waals surface area contributed by atoms with E-state index in [9.17, 15) is 9.59 Å². The van der Waals surface area contributed by atoms with Gasteiger partial charge in [-0.2, -0.15) is 0 Å². The third kappa shape index (κ3) is 4.76. The second-order valence-electron chi connectivity index (χ2n) is 7.49. The van der Waals surface area contributed by atoms with E-state index < -0.39 is 0 Å². The van der Waals surface area contributed by atoms with Crippen molar-refractivity contribution in [1.29, 1.82) is 0 Å².